The highest BCUT2D eigenvalue weighted by Gasteiger charge is 2.38. The molecule has 1 aromatic carbocycles. The molecule has 0 spiro atoms. The molecule has 24 heavy (non-hydrogen) atoms. The number of para-hydroxylation sites is 1. The maximum absolute atomic E-state index is 12.3. The molecule has 124 valence electrons. The Bertz CT molecular complexity index is 806. The number of hydrogen-bond acceptors (Lipinski definition) is 5. The molecule has 3 rings (SSSR count). The predicted octanol–water partition coefficient (Wildman–Crippen LogP) is 3.79. The van der Waals surface area contributed by atoms with Crippen molar-refractivity contribution in [3.05, 3.63) is 64.0 Å². The van der Waals surface area contributed by atoms with E-state index in [0.717, 1.165) is 11.4 Å². The van der Waals surface area contributed by atoms with Gasteiger partial charge in [-0.2, -0.15) is 0 Å². The van der Waals surface area contributed by atoms with Crippen LogP contribution in [-0.2, 0) is 14.9 Å². The highest BCUT2D eigenvalue weighted by molar-refractivity contribution is 7.11. The zero-order valence-electron chi connectivity index (χ0n) is 13.9. The largest absolute Gasteiger partial charge is 0.453 e. The lowest BCUT2D eigenvalue weighted by Crippen LogP contribution is -2.25. The topological polar surface area (TPSA) is 46.6 Å². The molecule has 0 radical (unpaired) electrons. The Morgan fingerprint density at radius 2 is 1.96 bits per heavy atom. The van der Waals surface area contributed by atoms with Crippen LogP contribution in [0.5, 0.6) is 0 Å². The average Bonchev–Trinajstić information content (AvgIpc) is 3.16. The van der Waals surface area contributed by atoms with Gasteiger partial charge in [-0.25, -0.2) is 4.79 Å². The Hall–Kier alpha value is -2.40. The van der Waals surface area contributed by atoms with Crippen LogP contribution in [0.15, 0.2) is 53.6 Å². The zero-order chi connectivity index (χ0) is 17.3. The molecule has 1 aliphatic heterocycles. The van der Waals surface area contributed by atoms with Crippen molar-refractivity contribution in [1.29, 1.82) is 0 Å². The minimum Gasteiger partial charge on any atom is -0.453 e. The van der Waals surface area contributed by atoms with E-state index in [9.17, 15) is 9.59 Å². The summed E-state index contributed by atoms with van der Waals surface area (Å²) in [6.07, 6.45) is 1.59. The molecule has 2 heterocycles. The van der Waals surface area contributed by atoms with Gasteiger partial charge in [0.05, 0.1) is 0 Å². The molecular weight excluding hydrogens is 322 g/mol. The zero-order valence-corrected chi connectivity index (χ0v) is 14.7. The lowest BCUT2D eigenvalue weighted by molar-refractivity contribution is -0.117. The smallest absolute Gasteiger partial charge is 0.348 e. The number of carbonyl (C=O) groups excluding carboxylic acids is 2. The molecule has 0 bridgehead atoms. The van der Waals surface area contributed by atoms with Gasteiger partial charge >= 0.3 is 5.97 Å². The highest BCUT2D eigenvalue weighted by Crippen LogP contribution is 2.46. The van der Waals surface area contributed by atoms with Gasteiger partial charge in [-0.15, -0.1) is 11.3 Å². The van der Waals surface area contributed by atoms with Crippen LogP contribution >= 0.6 is 11.3 Å². The molecule has 0 amide bonds. The van der Waals surface area contributed by atoms with E-state index < -0.39 is 5.97 Å². The fourth-order valence-electron chi connectivity index (χ4n) is 3.06. The van der Waals surface area contributed by atoms with Crippen molar-refractivity contribution in [2.45, 2.75) is 19.3 Å². The van der Waals surface area contributed by atoms with E-state index in [1.54, 1.807) is 23.6 Å². The van der Waals surface area contributed by atoms with Crippen LogP contribution in [0.4, 0.5) is 5.69 Å². The fraction of sp³-hybridized carbons (Fsp3) is 0.263. The summed E-state index contributed by atoms with van der Waals surface area (Å²) in [5.74, 6) is -0.679. The van der Waals surface area contributed by atoms with E-state index in [4.69, 9.17) is 4.74 Å². The number of benzene rings is 1. The third kappa shape index (κ3) is 2.87. The molecule has 4 nitrogen and oxygen atoms in total. The second-order valence-electron chi connectivity index (χ2n) is 6.25. The number of ether oxygens (including phenoxy) is 1. The normalized spacial score (nSPS) is 17.0. The summed E-state index contributed by atoms with van der Waals surface area (Å²) in [7, 11) is 1.95. The Morgan fingerprint density at radius 1 is 1.21 bits per heavy atom. The molecule has 1 aromatic heterocycles. The van der Waals surface area contributed by atoms with Crippen LogP contribution in [0.2, 0.25) is 0 Å². The number of carbonyl (C=O) groups is 2. The lowest BCUT2D eigenvalue weighted by atomic mass is 9.83. The molecule has 0 saturated carbocycles. The molecule has 5 heteroatoms. The molecule has 0 unspecified atom stereocenters. The molecule has 0 saturated heterocycles. The van der Waals surface area contributed by atoms with Crippen LogP contribution in [0.25, 0.3) is 0 Å². The number of fused-ring (bicyclic) bond motifs is 1. The second kappa shape index (κ2) is 6.24. The van der Waals surface area contributed by atoms with Crippen LogP contribution in [0, 0.1) is 0 Å². The first-order chi connectivity index (χ1) is 11.4. The SMILES string of the molecule is CN1/C(=C/C(=O)COC(=O)c2cccs2)C(C)(C)c2ccccc21. The van der Waals surface area contributed by atoms with Crippen molar-refractivity contribution in [2.75, 3.05) is 18.6 Å². The first-order valence-electron chi connectivity index (χ1n) is 7.70. The first kappa shape index (κ1) is 16.5. The van der Waals surface area contributed by atoms with E-state index in [2.05, 4.69) is 19.9 Å². The van der Waals surface area contributed by atoms with Gasteiger partial charge in [0.2, 0.25) is 0 Å². The van der Waals surface area contributed by atoms with Gasteiger partial charge in [-0.05, 0) is 23.1 Å². The molecule has 0 aliphatic carbocycles. The summed E-state index contributed by atoms with van der Waals surface area (Å²) in [5, 5.41) is 1.80. The first-order valence-corrected chi connectivity index (χ1v) is 8.58. The minimum absolute atomic E-state index is 0.220. The fourth-order valence-corrected chi connectivity index (χ4v) is 3.67. The van der Waals surface area contributed by atoms with E-state index in [-0.39, 0.29) is 17.8 Å². The van der Waals surface area contributed by atoms with Gasteiger partial charge in [0.1, 0.15) is 4.88 Å². The van der Waals surface area contributed by atoms with Gasteiger partial charge in [-0.1, -0.05) is 38.1 Å². The van der Waals surface area contributed by atoms with Crippen molar-refractivity contribution in [1.82, 2.24) is 0 Å². The summed E-state index contributed by atoms with van der Waals surface area (Å²) in [6, 6.07) is 11.6. The molecule has 0 atom stereocenters. The highest BCUT2D eigenvalue weighted by atomic mass is 32.1. The number of nitrogens with zero attached hydrogens (tertiary/aromatic N) is 1. The van der Waals surface area contributed by atoms with Crippen molar-refractivity contribution in [3.63, 3.8) is 0 Å². The Kier molecular flexibility index (Phi) is 4.28. The van der Waals surface area contributed by atoms with Crippen molar-refractivity contribution in [2.24, 2.45) is 0 Å². The third-order valence-corrected chi connectivity index (χ3v) is 5.16. The van der Waals surface area contributed by atoms with Crippen LogP contribution in [-0.4, -0.2) is 25.4 Å². The number of allylic oxidation sites excluding steroid dienone is 1. The van der Waals surface area contributed by atoms with E-state index in [0.29, 0.717) is 4.88 Å². The van der Waals surface area contributed by atoms with Gasteiger partial charge in [0.15, 0.2) is 12.4 Å². The second-order valence-corrected chi connectivity index (χ2v) is 7.20. The summed E-state index contributed by atoms with van der Waals surface area (Å²) in [4.78, 5) is 26.6. The summed E-state index contributed by atoms with van der Waals surface area (Å²) >= 11 is 1.30. The standard InChI is InChI=1S/C19H19NO3S/c1-19(2)14-7-4-5-8-15(14)20(3)17(19)11-13(21)12-23-18(22)16-9-6-10-24-16/h4-11H,12H2,1-3H3/b17-11+. The van der Waals surface area contributed by atoms with Crippen molar-refractivity contribution < 1.29 is 14.3 Å². The Labute approximate surface area is 145 Å². The van der Waals surface area contributed by atoms with Crippen LogP contribution in [0.3, 0.4) is 0 Å². The van der Waals surface area contributed by atoms with Gasteiger partial charge in [0, 0.05) is 29.9 Å². The molecule has 0 N–H and O–H groups in total. The van der Waals surface area contributed by atoms with E-state index in [1.165, 1.54) is 16.9 Å². The monoisotopic (exact) mass is 341 g/mol. The van der Waals surface area contributed by atoms with Gasteiger partial charge in [-0.3, -0.25) is 4.79 Å². The van der Waals surface area contributed by atoms with E-state index in [1.807, 2.05) is 30.1 Å². The van der Waals surface area contributed by atoms with Crippen molar-refractivity contribution in [3.8, 4) is 0 Å². The predicted molar refractivity (Wildman–Crippen MR) is 95.6 cm³/mol. The number of esters is 1. The molecule has 0 fully saturated rings. The number of thiophene rings is 1. The van der Waals surface area contributed by atoms with E-state index >= 15 is 0 Å². The number of hydrogen-bond donors (Lipinski definition) is 0. The Morgan fingerprint density at radius 3 is 2.62 bits per heavy atom. The summed E-state index contributed by atoms with van der Waals surface area (Å²) in [6.45, 7) is 3.93. The summed E-state index contributed by atoms with van der Waals surface area (Å²) < 4.78 is 5.10. The third-order valence-electron chi connectivity index (χ3n) is 4.31. The maximum Gasteiger partial charge on any atom is 0.348 e. The Balaban J connectivity index is 1.74. The number of likely N-dealkylation sites (N-methyl/N-ethyl adjacent to an activating group) is 1. The quantitative estimate of drug-likeness (QED) is 0.627. The number of anilines is 1. The van der Waals surface area contributed by atoms with Gasteiger partial charge in [0.25, 0.3) is 0 Å². The minimum atomic E-state index is -0.459. The molecule has 1 aliphatic rings. The van der Waals surface area contributed by atoms with Crippen molar-refractivity contribution >= 4 is 28.8 Å². The molecule has 2 aromatic rings. The maximum atomic E-state index is 12.3. The van der Waals surface area contributed by atoms with Crippen LogP contribution < -0.4 is 4.90 Å². The van der Waals surface area contributed by atoms with Crippen LogP contribution in [0.1, 0.15) is 29.1 Å². The molecular formula is C19H19NO3S. The summed E-state index contributed by atoms with van der Waals surface area (Å²) in [5.41, 5.74) is 2.92. The van der Waals surface area contributed by atoms with Gasteiger partial charge < -0.3 is 9.64 Å². The number of rotatable bonds is 4. The number of ketones is 1. The lowest BCUT2D eigenvalue weighted by Gasteiger charge is -2.23. The average molecular weight is 341 g/mol.